The lowest BCUT2D eigenvalue weighted by Crippen LogP contribution is -1.95. The Kier molecular flexibility index (Phi) is 2.96. The molecule has 0 atom stereocenters. The Bertz CT molecular complexity index is 661. The molecule has 2 aromatic heterocycles. The quantitative estimate of drug-likeness (QED) is 0.779. The number of aromatic nitrogens is 1. The van der Waals surface area contributed by atoms with Gasteiger partial charge in [-0.15, -0.1) is 11.3 Å². The summed E-state index contributed by atoms with van der Waals surface area (Å²) in [5.41, 5.74) is 6.65. The van der Waals surface area contributed by atoms with E-state index in [9.17, 15) is 0 Å². The summed E-state index contributed by atoms with van der Waals surface area (Å²) in [5, 5.41) is 3.09. The molecular formula is C14H12N2OS. The van der Waals surface area contributed by atoms with E-state index in [2.05, 4.69) is 4.98 Å². The molecule has 0 saturated heterocycles. The molecule has 90 valence electrons. The van der Waals surface area contributed by atoms with Gasteiger partial charge >= 0.3 is 0 Å². The Labute approximate surface area is 109 Å². The summed E-state index contributed by atoms with van der Waals surface area (Å²) < 4.78 is 6.98. The maximum absolute atomic E-state index is 5.80. The van der Waals surface area contributed by atoms with Gasteiger partial charge in [0.05, 0.1) is 5.39 Å². The number of hydrogen-bond acceptors (Lipinski definition) is 4. The van der Waals surface area contributed by atoms with Crippen LogP contribution < -0.4 is 10.5 Å². The molecule has 1 aromatic carbocycles. The molecule has 0 aliphatic rings. The van der Waals surface area contributed by atoms with Gasteiger partial charge in [-0.05, 0) is 35.2 Å². The Balaban J connectivity index is 1.93. The lowest BCUT2D eigenvalue weighted by atomic mass is 10.2. The highest BCUT2D eigenvalue weighted by Crippen LogP contribution is 2.30. The summed E-state index contributed by atoms with van der Waals surface area (Å²) in [5.74, 6) is 1.42. The summed E-state index contributed by atoms with van der Waals surface area (Å²) in [6.45, 7) is 0.540. The van der Waals surface area contributed by atoms with Gasteiger partial charge in [-0.2, -0.15) is 0 Å². The standard InChI is InChI=1S/C14H12N2OS/c15-9-10-1-3-11(4-2-10)17-14-12-6-8-18-13(12)5-7-16-14/h1-8H,9,15H2. The highest BCUT2D eigenvalue weighted by molar-refractivity contribution is 7.17. The molecule has 0 aliphatic heterocycles. The van der Waals surface area contributed by atoms with E-state index in [-0.39, 0.29) is 0 Å². The Hall–Kier alpha value is -1.91. The van der Waals surface area contributed by atoms with Crippen LogP contribution in [0.25, 0.3) is 10.1 Å². The first-order valence-corrected chi connectivity index (χ1v) is 6.54. The zero-order chi connectivity index (χ0) is 12.4. The minimum Gasteiger partial charge on any atom is -0.438 e. The van der Waals surface area contributed by atoms with Crippen molar-refractivity contribution >= 4 is 21.4 Å². The van der Waals surface area contributed by atoms with Crippen molar-refractivity contribution in [3.8, 4) is 11.6 Å². The molecule has 4 heteroatoms. The van der Waals surface area contributed by atoms with Crippen molar-refractivity contribution in [2.24, 2.45) is 5.73 Å². The van der Waals surface area contributed by atoms with Crippen LogP contribution in [0.3, 0.4) is 0 Å². The lowest BCUT2D eigenvalue weighted by molar-refractivity contribution is 0.469. The smallest absolute Gasteiger partial charge is 0.227 e. The van der Waals surface area contributed by atoms with E-state index < -0.39 is 0 Å². The van der Waals surface area contributed by atoms with Crippen molar-refractivity contribution in [1.29, 1.82) is 0 Å². The van der Waals surface area contributed by atoms with Crippen LogP contribution in [0.4, 0.5) is 0 Å². The molecule has 2 heterocycles. The fourth-order valence-corrected chi connectivity index (χ4v) is 2.53. The van der Waals surface area contributed by atoms with Gasteiger partial charge in [-0.1, -0.05) is 12.1 Å². The van der Waals surface area contributed by atoms with Gasteiger partial charge in [0.1, 0.15) is 5.75 Å². The molecule has 0 amide bonds. The molecule has 0 bridgehead atoms. The zero-order valence-electron chi connectivity index (χ0n) is 9.67. The second-order valence-corrected chi connectivity index (χ2v) is 4.85. The van der Waals surface area contributed by atoms with Gasteiger partial charge in [0.2, 0.25) is 5.88 Å². The fourth-order valence-electron chi connectivity index (χ4n) is 1.76. The predicted octanol–water partition coefficient (Wildman–Crippen LogP) is 3.55. The van der Waals surface area contributed by atoms with Crippen LogP contribution in [0.2, 0.25) is 0 Å². The third-order valence-electron chi connectivity index (χ3n) is 2.72. The number of hydrogen-bond donors (Lipinski definition) is 1. The molecule has 0 fully saturated rings. The lowest BCUT2D eigenvalue weighted by Gasteiger charge is -2.06. The number of nitrogens with zero attached hydrogens (tertiary/aromatic N) is 1. The third-order valence-corrected chi connectivity index (χ3v) is 3.60. The average molecular weight is 256 g/mol. The van der Waals surface area contributed by atoms with Crippen molar-refractivity contribution in [2.75, 3.05) is 0 Å². The molecule has 3 nitrogen and oxygen atoms in total. The van der Waals surface area contributed by atoms with E-state index in [0.717, 1.165) is 16.7 Å². The summed E-state index contributed by atoms with van der Waals surface area (Å²) in [4.78, 5) is 4.28. The van der Waals surface area contributed by atoms with E-state index in [1.807, 2.05) is 41.8 Å². The first-order valence-electron chi connectivity index (χ1n) is 5.66. The monoisotopic (exact) mass is 256 g/mol. The predicted molar refractivity (Wildman–Crippen MR) is 74.0 cm³/mol. The van der Waals surface area contributed by atoms with Crippen LogP contribution >= 0.6 is 11.3 Å². The summed E-state index contributed by atoms with van der Waals surface area (Å²) in [6, 6.07) is 11.8. The first kappa shape index (κ1) is 11.2. The molecule has 18 heavy (non-hydrogen) atoms. The number of pyridine rings is 1. The number of fused-ring (bicyclic) bond motifs is 1. The van der Waals surface area contributed by atoms with E-state index in [1.165, 1.54) is 4.70 Å². The first-order chi connectivity index (χ1) is 8.86. The van der Waals surface area contributed by atoms with Crippen LogP contribution in [0, 0.1) is 0 Å². The minimum absolute atomic E-state index is 0.540. The summed E-state index contributed by atoms with van der Waals surface area (Å²) in [7, 11) is 0. The van der Waals surface area contributed by atoms with Crippen molar-refractivity contribution in [3.63, 3.8) is 0 Å². The molecule has 2 N–H and O–H groups in total. The SMILES string of the molecule is NCc1ccc(Oc2nccc3sccc23)cc1. The average Bonchev–Trinajstić information content (AvgIpc) is 2.89. The molecule has 0 saturated carbocycles. The molecule has 3 aromatic rings. The maximum Gasteiger partial charge on any atom is 0.227 e. The summed E-state index contributed by atoms with van der Waals surface area (Å²) in [6.07, 6.45) is 1.77. The van der Waals surface area contributed by atoms with Crippen LogP contribution in [-0.4, -0.2) is 4.98 Å². The number of nitrogens with two attached hydrogens (primary N) is 1. The molecule has 3 rings (SSSR count). The van der Waals surface area contributed by atoms with E-state index in [0.29, 0.717) is 12.4 Å². The topological polar surface area (TPSA) is 48.1 Å². The van der Waals surface area contributed by atoms with Gasteiger partial charge in [0.15, 0.2) is 0 Å². The Morgan fingerprint density at radius 1 is 1.11 bits per heavy atom. The van der Waals surface area contributed by atoms with E-state index >= 15 is 0 Å². The Morgan fingerprint density at radius 3 is 2.72 bits per heavy atom. The normalized spacial score (nSPS) is 10.7. The molecule has 0 radical (unpaired) electrons. The minimum atomic E-state index is 0.540. The maximum atomic E-state index is 5.80. The molecule has 0 unspecified atom stereocenters. The van der Waals surface area contributed by atoms with Gasteiger partial charge in [-0.3, -0.25) is 0 Å². The van der Waals surface area contributed by atoms with E-state index in [4.69, 9.17) is 10.5 Å². The second-order valence-electron chi connectivity index (χ2n) is 3.90. The highest BCUT2D eigenvalue weighted by Gasteiger charge is 2.05. The van der Waals surface area contributed by atoms with Gasteiger partial charge in [0, 0.05) is 17.4 Å². The second kappa shape index (κ2) is 4.76. The highest BCUT2D eigenvalue weighted by atomic mass is 32.1. The molecular weight excluding hydrogens is 244 g/mol. The van der Waals surface area contributed by atoms with Crippen LogP contribution in [0.15, 0.2) is 48.0 Å². The van der Waals surface area contributed by atoms with Gasteiger partial charge in [0.25, 0.3) is 0 Å². The van der Waals surface area contributed by atoms with Crippen molar-refractivity contribution in [1.82, 2.24) is 4.98 Å². The number of benzene rings is 1. The number of ether oxygens (including phenoxy) is 1. The fraction of sp³-hybridized carbons (Fsp3) is 0.0714. The number of rotatable bonds is 3. The van der Waals surface area contributed by atoms with Crippen LogP contribution in [0.5, 0.6) is 11.6 Å². The van der Waals surface area contributed by atoms with Crippen LogP contribution in [-0.2, 0) is 6.54 Å². The largest absolute Gasteiger partial charge is 0.438 e. The van der Waals surface area contributed by atoms with Gasteiger partial charge < -0.3 is 10.5 Å². The third kappa shape index (κ3) is 2.08. The van der Waals surface area contributed by atoms with Gasteiger partial charge in [-0.25, -0.2) is 4.98 Å². The summed E-state index contributed by atoms with van der Waals surface area (Å²) >= 11 is 1.68. The number of thiophene rings is 1. The van der Waals surface area contributed by atoms with E-state index in [1.54, 1.807) is 17.5 Å². The Morgan fingerprint density at radius 2 is 1.94 bits per heavy atom. The van der Waals surface area contributed by atoms with Crippen LogP contribution in [0.1, 0.15) is 5.56 Å². The molecule has 0 spiro atoms. The zero-order valence-corrected chi connectivity index (χ0v) is 10.5. The van der Waals surface area contributed by atoms with Crippen molar-refractivity contribution in [3.05, 3.63) is 53.5 Å². The molecule has 0 aliphatic carbocycles. The van der Waals surface area contributed by atoms with Crippen molar-refractivity contribution in [2.45, 2.75) is 6.54 Å². The van der Waals surface area contributed by atoms with Crippen molar-refractivity contribution < 1.29 is 4.74 Å².